The minimum Gasteiger partial charge on any atom is -0.310 e. The van der Waals surface area contributed by atoms with Crippen LogP contribution < -0.4 is 16.4 Å². The predicted octanol–water partition coefficient (Wildman–Crippen LogP) is 11.9. The monoisotopic (exact) mass is 748 g/mol. The van der Waals surface area contributed by atoms with E-state index in [1.807, 2.05) is 0 Å². The quantitative estimate of drug-likeness (QED) is 0.137. The van der Waals surface area contributed by atoms with Gasteiger partial charge in [0.2, 0.25) is 0 Å². The molecular formula is C56H37BN2. The molecule has 3 heteroatoms. The van der Waals surface area contributed by atoms with Crippen LogP contribution in [0, 0.1) is 0 Å². The zero-order valence-corrected chi connectivity index (χ0v) is 33.4. The number of fused-ring (bicyclic) bond motifs is 22. The first-order chi connectivity index (χ1) is 28.8. The summed E-state index contributed by atoms with van der Waals surface area (Å²) in [5, 5.41) is 10.8. The van der Waals surface area contributed by atoms with Crippen LogP contribution in [0.3, 0.4) is 0 Å². The number of rotatable bonds is 0. The third-order valence-corrected chi connectivity index (χ3v) is 15.4. The van der Waals surface area contributed by atoms with E-state index in [-0.39, 0.29) is 17.5 Å². The molecule has 0 amide bonds. The molecular weight excluding hydrogens is 711 g/mol. The average molecular weight is 749 g/mol. The lowest BCUT2D eigenvalue weighted by Crippen LogP contribution is -2.59. The second kappa shape index (κ2) is 9.88. The first-order valence-corrected chi connectivity index (χ1v) is 21.2. The van der Waals surface area contributed by atoms with Crippen LogP contribution in [0.1, 0.15) is 49.9 Å². The van der Waals surface area contributed by atoms with E-state index < -0.39 is 0 Å². The van der Waals surface area contributed by atoms with Crippen molar-refractivity contribution < 1.29 is 0 Å². The Hall–Kier alpha value is -6.84. The Morgan fingerprint density at radius 3 is 1.34 bits per heavy atom. The molecule has 0 unspecified atom stereocenters. The Morgan fingerprint density at radius 2 is 0.847 bits per heavy atom. The number of hydrogen-bond donors (Lipinski definition) is 0. The zero-order valence-electron chi connectivity index (χ0n) is 33.4. The summed E-state index contributed by atoms with van der Waals surface area (Å²) < 4.78 is 5.26. The largest absolute Gasteiger partial charge is 0.310 e. The van der Waals surface area contributed by atoms with Gasteiger partial charge in [-0.15, -0.1) is 0 Å². The number of aromatic nitrogens is 2. The van der Waals surface area contributed by atoms with Crippen LogP contribution in [0.15, 0.2) is 152 Å². The molecule has 0 saturated heterocycles. The van der Waals surface area contributed by atoms with E-state index in [0.29, 0.717) is 0 Å². The molecule has 0 saturated carbocycles. The van der Waals surface area contributed by atoms with E-state index in [2.05, 4.69) is 188 Å². The fourth-order valence-electron chi connectivity index (χ4n) is 13.2. The molecule has 0 fully saturated rings. The van der Waals surface area contributed by atoms with Gasteiger partial charge in [0.1, 0.15) is 0 Å². The van der Waals surface area contributed by atoms with Crippen molar-refractivity contribution in [3.05, 3.63) is 174 Å². The van der Waals surface area contributed by atoms with E-state index in [9.17, 15) is 0 Å². The Labute approximate surface area is 342 Å². The molecule has 0 radical (unpaired) electrons. The summed E-state index contributed by atoms with van der Waals surface area (Å²) in [6, 6.07) is 58.4. The van der Waals surface area contributed by atoms with Gasteiger partial charge in [-0.1, -0.05) is 155 Å². The third kappa shape index (κ3) is 3.31. The van der Waals surface area contributed by atoms with Crippen LogP contribution in [0.4, 0.5) is 0 Å². The van der Waals surface area contributed by atoms with Crippen LogP contribution >= 0.6 is 0 Å². The van der Waals surface area contributed by atoms with Crippen LogP contribution in [-0.4, -0.2) is 15.8 Å². The first kappa shape index (κ1) is 31.2. The highest BCUT2D eigenvalue weighted by atomic mass is 15.0. The maximum atomic E-state index is 2.63. The summed E-state index contributed by atoms with van der Waals surface area (Å²) >= 11 is 0. The Balaban J connectivity index is 1.05. The van der Waals surface area contributed by atoms with E-state index in [4.69, 9.17) is 0 Å². The van der Waals surface area contributed by atoms with Crippen LogP contribution in [-0.2, 0) is 10.8 Å². The van der Waals surface area contributed by atoms with Crippen LogP contribution in [0.5, 0.6) is 0 Å². The summed E-state index contributed by atoms with van der Waals surface area (Å²) in [7, 11) is 0. The highest BCUT2D eigenvalue weighted by Crippen LogP contribution is 2.57. The smallest absolute Gasteiger partial charge is 0.252 e. The molecule has 4 heterocycles. The summed E-state index contributed by atoms with van der Waals surface area (Å²) in [5.41, 5.74) is 23.1. The Kier molecular flexibility index (Phi) is 5.22. The summed E-state index contributed by atoms with van der Waals surface area (Å²) in [6.07, 6.45) is 0. The van der Waals surface area contributed by atoms with Crippen molar-refractivity contribution in [2.24, 2.45) is 0 Å². The maximum absolute atomic E-state index is 2.63. The fourth-order valence-corrected chi connectivity index (χ4v) is 13.2. The molecule has 9 aromatic carbocycles. The van der Waals surface area contributed by atoms with Gasteiger partial charge in [-0.2, -0.15) is 0 Å². The van der Waals surface area contributed by atoms with E-state index in [1.165, 1.54) is 137 Å². The number of para-hydroxylation sites is 2. The fraction of sp³-hybridized carbons (Fsp3) is 0.107. The van der Waals surface area contributed by atoms with Gasteiger partial charge in [-0.05, 0) is 107 Å². The van der Waals surface area contributed by atoms with Crippen molar-refractivity contribution in [3.63, 3.8) is 0 Å². The average Bonchev–Trinajstić information content (AvgIpc) is 3.93. The van der Waals surface area contributed by atoms with E-state index >= 15 is 0 Å². The molecule has 2 aliphatic carbocycles. The van der Waals surface area contributed by atoms with Gasteiger partial charge >= 0.3 is 0 Å². The second-order valence-electron chi connectivity index (χ2n) is 18.7. The number of nitrogens with zero attached hydrogens (tertiary/aromatic N) is 2. The van der Waals surface area contributed by atoms with Crippen molar-refractivity contribution in [1.29, 1.82) is 0 Å². The van der Waals surface area contributed by atoms with Gasteiger partial charge in [0.05, 0.1) is 11.0 Å². The number of hydrogen-bond acceptors (Lipinski definition) is 0. The molecule has 2 aliphatic heterocycles. The maximum Gasteiger partial charge on any atom is 0.252 e. The van der Waals surface area contributed by atoms with Gasteiger partial charge in [0.25, 0.3) is 6.71 Å². The molecule has 2 aromatic heterocycles. The minimum absolute atomic E-state index is 0.117. The van der Waals surface area contributed by atoms with Gasteiger partial charge in [-0.3, -0.25) is 0 Å². The van der Waals surface area contributed by atoms with Crippen molar-refractivity contribution in [3.8, 4) is 33.6 Å². The molecule has 11 aromatic rings. The molecule has 59 heavy (non-hydrogen) atoms. The predicted molar refractivity (Wildman–Crippen MR) is 250 cm³/mol. The summed E-state index contributed by atoms with van der Waals surface area (Å²) in [4.78, 5) is 0. The minimum atomic E-state index is -0.155. The van der Waals surface area contributed by atoms with Gasteiger partial charge in [-0.25, -0.2) is 0 Å². The normalized spacial score (nSPS) is 15.7. The Morgan fingerprint density at radius 1 is 0.407 bits per heavy atom. The van der Waals surface area contributed by atoms with Crippen molar-refractivity contribution in [2.45, 2.75) is 38.5 Å². The lowest BCUT2D eigenvalue weighted by molar-refractivity contribution is 0.667. The van der Waals surface area contributed by atoms with Crippen molar-refractivity contribution >= 4 is 88.3 Å². The molecule has 15 rings (SSSR count). The lowest BCUT2D eigenvalue weighted by atomic mass is 9.34. The Bertz CT molecular complexity index is 3600. The highest BCUT2D eigenvalue weighted by molar-refractivity contribution is 7.00. The molecule has 4 aliphatic rings. The lowest BCUT2D eigenvalue weighted by Gasteiger charge is -2.33. The first-order valence-electron chi connectivity index (χ1n) is 21.2. The molecule has 0 N–H and O–H groups in total. The molecule has 0 atom stereocenters. The van der Waals surface area contributed by atoms with Gasteiger partial charge in [0.15, 0.2) is 0 Å². The van der Waals surface area contributed by atoms with Gasteiger partial charge < -0.3 is 9.13 Å². The van der Waals surface area contributed by atoms with Crippen LogP contribution in [0.25, 0.3) is 98.8 Å². The van der Waals surface area contributed by atoms with E-state index in [1.54, 1.807) is 0 Å². The number of benzene rings is 9. The zero-order chi connectivity index (χ0) is 38.8. The van der Waals surface area contributed by atoms with E-state index in [0.717, 1.165) is 0 Å². The molecule has 2 nitrogen and oxygen atoms in total. The third-order valence-electron chi connectivity index (χ3n) is 15.4. The second-order valence-corrected chi connectivity index (χ2v) is 18.7. The molecule has 0 bridgehead atoms. The molecule has 0 spiro atoms. The van der Waals surface area contributed by atoms with Gasteiger partial charge in [0, 0.05) is 54.8 Å². The summed E-state index contributed by atoms with van der Waals surface area (Å²) in [5.74, 6) is 0. The molecule has 274 valence electrons. The summed E-state index contributed by atoms with van der Waals surface area (Å²) in [6.45, 7) is 9.89. The van der Waals surface area contributed by atoms with Crippen LogP contribution in [0.2, 0.25) is 0 Å². The standard InChI is InChI=1S/C56H37BN2/c1-55(2)38-26-22-30-12-5-7-14-32(30)46(38)34-24-28-42-48(50(34)55)36-16-9-18-40-53(36)58(42)44-20-11-21-45-52(44)57(40)41-19-10-17-37-49-43(59(45)54(37)41)29-25-35-47-33-15-8-6-13-31(33)23-27-39(47)56(3,4)51(35)49/h5-29H,1-4H3. The SMILES string of the molecule is CC1(C)c2ccc3ccccc3c2-c2ccc3c(c21)c1cccc2c1n3-c1cccc3c1B2c1cccc2c4c5c(ccc4n-3c12)-c1c(ccc2ccccc12)C5(C)C. The topological polar surface area (TPSA) is 9.86 Å². The van der Waals surface area contributed by atoms with Crippen molar-refractivity contribution in [1.82, 2.24) is 9.13 Å². The van der Waals surface area contributed by atoms with Crippen molar-refractivity contribution in [2.75, 3.05) is 0 Å². The highest BCUT2D eigenvalue weighted by Gasteiger charge is 2.45.